The SMILES string of the molecule is CCOc1cc([C@@H]2C(C(=O)OCCOC(C)C)=C(C)NC3=C2C(=O)C[C@H](c2ccc(OC)c(OC)c2)C3)cc(Br)c1O. The van der Waals surface area contributed by atoms with Gasteiger partial charge in [-0.25, -0.2) is 4.79 Å². The molecule has 10 heteroatoms. The fourth-order valence-electron chi connectivity index (χ4n) is 5.51. The molecule has 0 radical (unpaired) electrons. The van der Waals surface area contributed by atoms with Crippen LogP contribution in [0.25, 0.3) is 0 Å². The van der Waals surface area contributed by atoms with Crippen LogP contribution >= 0.6 is 15.9 Å². The molecule has 4 rings (SSSR count). The minimum Gasteiger partial charge on any atom is -0.503 e. The Hall–Kier alpha value is -3.50. The van der Waals surface area contributed by atoms with Crippen LogP contribution in [0, 0.1) is 0 Å². The van der Waals surface area contributed by atoms with Crippen molar-refractivity contribution in [1.29, 1.82) is 0 Å². The number of carbonyl (C=O) groups excluding carboxylic acids is 2. The summed E-state index contributed by atoms with van der Waals surface area (Å²) in [4.78, 5) is 27.6. The predicted molar refractivity (Wildman–Crippen MR) is 161 cm³/mol. The summed E-state index contributed by atoms with van der Waals surface area (Å²) in [7, 11) is 3.16. The summed E-state index contributed by atoms with van der Waals surface area (Å²) >= 11 is 3.42. The average Bonchev–Trinajstić information content (AvgIpc) is 2.96. The van der Waals surface area contributed by atoms with Crippen LogP contribution in [0.3, 0.4) is 0 Å². The third kappa shape index (κ3) is 6.60. The maximum Gasteiger partial charge on any atom is 0.336 e. The molecule has 0 saturated carbocycles. The third-order valence-electron chi connectivity index (χ3n) is 7.38. The van der Waals surface area contributed by atoms with Gasteiger partial charge in [0.15, 0.2) is 28.8 Å². The largest absolute Gasteiger partial charge is 0.503 e. The molecule has 0 aromatic heterocycles. The summed E-state index contributed by atoms with van der Waals surface area (Å²) in [6.07, 6.45) is 0.798. The number of benzene rings is 2. The summed E-state index contributed by atoms with van der Waals surface area (Å²) in [6, 6.07) is 9.08. The van der Waals surface area contributed by atoms with Gasteiger partial charge in [0.1, 0.15) is 6.61 Å². The lowest BCUT2D eigenvalue weighted by Crippen LogP contribution is -2.36. The lowest BCUT2D eigenvalue weighted by Gasteiger charge is -2.37. The van der Waals surface area contributed by atoms with Gasteiger partial charge in [-0.15, -0.1) is 0 Å². The first-order valence-corrected chi connectivity index (χ1v) is 14.8. The predicted octanol–water partition coefficient (Wildman–Crippen LogP) is 5.90. The number of nitrogens with one attached hydrogen (secondary N) is 1. The maximum atomic E-state index is 14.0. The van der Waals surface area contributed by atoms with Crippen molar-refractivity contribution in [2.75, 3.05) is 34.0 Å². The number of rotatable bonds is 11. The number of hydrogen-bond acceptors (Lipinski definition) is 9. The van der Waals surface area contributed by atoms with E-state index >= 15 is 0 Å². The molecular weight excluding hydrogens is 606 g/mol. The van der Waals surface area contributed by atoms with Gasteiger partial charge in [0.25, 0.3) is 0 Å². The van der Waals surface area contributed by atoms with Crippen molar-refractivity contribution in [2.45, 2.75) is 58.5 Å². The molecular formula is C32H38BrNO8. The van der Waals surface area contributed by atoms with Crippen molar-refractivity contribution in [2.24, 2.45) is 0 Å². The molecule has 2 aromatic carbocycles. The number of carbonyl (C=O) groups is 2. The highest BCUT2D eigenvalue weighted by Gasteiger charge is 2.42. The maximum absolute atomic E-state index is 14.0. The van der Waals surface area contributed by atoms with Crippen molar-refractivity contribution < 1.29 is 38.4 Å². The molecule has 2 N–H and O–H groups in total. The van der Waals surface area contributed by atoms with Gasteiger partial charge in [-0.3, -0.25) is 4.79 Å². The zero-order chi connectivity index (χ0) is 30.6. The Labute approximate surface area is 254 Å². The van der Waals surface area contributed by atoms with Crippen LogP contribution in [-0.2, 0) is 19.1 Å². The van der Waals surface area contributed by atoms with E-state index in [4.69, 9.17) is 23.7 Å². The molecule has 1 aliphatic carbocycles. The second-order valence-electron chi connectivity index (χ2n) is 10.5. The number of ketones is 1. The van der Waals surface area contributed by atoms with Crippen LogP contribution < -0.4 is 19.5 Å². The van der Waals surface area contributed by atoms with E-state index in [1.54, 1.807) is 33.3 Å². The van der Waals surface area contributed by atoms with Crippen LogP contribution in [0.15, 0.2) is 57.3 Å². The Balaban J connectivity index is 1.77. The molecule has 2 atom stereocenters. The Bertz CT molecular complexity index is 1410. The second kappa shape index (κ2) is 13.6. The second-order valence-corrected chi connectivity index (χ2v) is 11.3. The van der Waals surface area contributed by atoms with Crippen LogP contribution in [0.2, 0.25) is 0 Å². The number of esters is 1. The monoisotopic (exact) mass is 643 g/mol. The average molecular weight is 645 g/mol. The number of Topliss-reactive ketones (excluding diaryl/α,β-unsaturated/α-hetero) is 1. The molecule has 0 spiro atoms. The number of phenolic OH excluding ortho intramolecular Hbond substituents is 1. The van der Waals surface area contributed by atoms with Gasteiger partial charge in [0.2, 0.25) is 0 Å². The molecule has 226 valence electrons. The summed E-state index contributed by atoms with van der Waals surface area (Å²) in [5, 5.41) is 14.0. The lowest BCUT2D eigenvalue weighted by molar-refractivity contribution is -0.141. The van der Waals surface area contributed by atoms with Gasteiger partial charge in [0, 0.05) is 29.3 Å². The quantitative estimate of drug-likeness (QED) is 0.228. The zero-order valence-electron chi connectivity index (χ0n) is 24.8. The van der Waals surface area contributed by atoms with Crippen LogP contribution in [0.4, 0.5) is 0 Å². The molecule has 2 aromatic rings. The first-order valence-electron chi connectivity index (χ1n) is 14.0. The van der Waals surface area contributed by atoms with E-state index in [9.17, 15) is 14.7 Å². The smallest absolute Gasteiger partial charge is 0.336 e. The molecule has 0 amide bonds. The molecule has 1 heterocycles. The number of ether oxygens (including phenoxy) is 5. The molecule has 9 nitrogen and oxygen atoms in total. The van der Waals surface area contributed by atoms with E-state index < -0.39 is 11.9 Å². The van der Waals surface area contributed by atoms with E-state index in [-0.39, 0.29) is 48.9 Å². The lowest BCUT2D eigenvalue weighted by atomic mass is 9.71. The molecule has 0 saturated heterocycles. The summed E-state index contributed by atoms with van der Waals surface area (Å²) in [5.41, 5.74) is 3.75. The highest BCUT2D eigenvalue weighted by atomic mass is 79.9. The molecule has 0 bridgehead atoms. The topological polar surface area (TPSA) is 113 Å². The van der Waals surface area contributed by atoms with Gasteiger partial charge < -0.3 is 34.1 Å². The number of aromatic hydroxyl groups is 1. The first kappa shape index (κ1) is 31.4. The minimum atomic E-state index is -0.727. The van der Waals surface area contributed by atoms with E-state index in [0.717, 1.165) is 11.3 Å². The minimum absolute atomic E-state index is 0.00581. The van der Waals surface area contributed by atoms with Crippen molar-refractivity contribution in [1.82, 2.24) is 5.32 Å². The highest BCUT2D eigenvalue weighted by Crippen LogP contribution is 2.48. The Morgan fingerprint density at radius 3 is 2.43 bits per heavy atom. The summed E-state index contributed by atoms with van der Waals surface area (Å²) in [5.74, 6) is -0.0522. The normalized spacial score (nSPS) is 18.5. The fraction of sp³-hybridized carbons (Fsp3) is 0.438. The van der Waals surface area contributed by atoms with E-state index in [1.807, 2.05) is 39.0 Å². The van der Waals surface area contributed by atoms with E-state index in [2.05, 4.69) is 21.2 Å². The van der Waals surface area contributed by atoms with Crippen LogP contribution in [-0.4, -0.2) is 57.0 Å². The van der Waals surface area contributed by atoms with E-state index in [0.29, 0.717) is 51.4 Å². The van der Waals surface area contributed by atoms with Gasteiger partial charge in [-0.2, -0.15) is 0 Å². The fourth-order valence-corrected chi connectivity index (χ4v) is 5.97. The first-order chi connectivity index (χ1) is 20.1. The third-order valence-corrected chi connectivity index (χ3v) is 7.98. The number of hydrogen-bond donors (Lipinski definition) is 2. The van der Waals surface area contributed by atoms with Gasteiger partial charge in [-0.1, -0.05) is 6.07 Å². The summed E-state index contributed by atoms with van der Waals surface area (Å²) < 4.78 is 28.1. The zero-order valence-corrected chi connectivity index (χ0v) is 26.4. The van der Waals surface area contributed by atoms with Crippen LogP contribution in [0.1, 0.15) is 63.5 Å². The Morgan fingerprint density at radius 1 is 1.05 bits per heavy atom. The van der Waals surface area contributed by atoms with Gasteiger partial charge >= 0.3 is 5.97 Å². The van der Waals surface area contributed by atoms with Crippen molar-refractivity contribution >= 4 is 27.7 Å². The number of dihydropyridines is 1. The number of allylic oxidation sites excluding steroid dienone is 3. The molecule has 0 fully saturated rings. The van der Waals surface area contributed by atoms with Gasteiger partial charge in [0.05, 0.1) is 43.6 Å². The molecule has 2 aliphatic rings. The highest BCUT2D eigenvalue weighted by molar-refractivity contribution is 9.10. The van der Waals surface area contributed by atoms with Gasteiger partial charge in [-0.05, 0) is 91.4 Å². The standard InChI is InChI=1S/C32H38BrNO8/c1-7-40-27-16-21(12-22(33)31(27)36)29-28(32(37)42-11-10-41-17(2)3)18(4)34-23-13-20(14-24(35)30(23)29)19-8-9-25(38-5)26(15-19)39-6/h8-9,12,15-17,20,29,34,36H,7,10-11,13-14H2,1-6H3/t20-,29-/m1/s1. The van der Waals surface area contributed by atoms with Crippen molar-refractivity contribution in [3.05, 3.63) is 68.5 Å². The number of halogens is 1. The van der Waals surface area contributed by atoms with Crippen molar-refractivity contribution in [3.8, 4) is 23.0 Å². The number of methoxy groups -OCH3 is 2. The molecule has 0 unspecified atom stereocenters. The van der Waals surface area contributed by atoms with E-state index in [1.165, 1.54) is 0 Å². The summed E-state index contributed by atoms with van der Waals surface area (Å²) in [6.45, 7) is 8.10. The molecule has 1 aliphatic heterocycles. The Kier molecular flexibility index (Phi) is 10.2. The Morgan fingerprint density at radius 2 is 1.76 bits per heavy atom. The molecule has 42 heavy (non-hydrogen) atoms. The number of phenols is 1. The van der Waals surface area contributed by atoms with Crippen LogP contribution in [0.5, 0.6) is 23.0 Å². The van der Waals surface area contributed by atoms with Crippen molar-refractivity contribution in [3.63, 3.8) is 0 Å².